The topological polar surface area (TPSA) is 20.3 Å². The van der Waals surface area contributed by atoms with Crippen LogP contribution >= 0.6 is 0 Å². The highest BCUT2D eigenvalue weighted by Gasteiger charge is 2.23. The summed E-state index contributed by atoms with van der Waals surface area (Å²) in [6.07, 6.45) is 2.75. The van der Waals surface area contributed by atoms with Crippen LogP contribution in [-0.4, -0.2) is 23.9 Å². The third kappa shape index (κ3) is 1.94. The van der Waals surface area contributed by atoms with Gasteiger partial charge in [0, 0.05) is 13.1 Å². The van der Waals surface area contributed by atoms with Crippen molar-refractivity contribution in [3.05, 3.63) is 35.1 Å². The third-order valence-electron chi connectivity index (χ3n) is 3.09. The maximum Gasteiger partial charge on any atom is 0.257 e. The number of likely N-dealkylation sites (tertiary alicyclic amines) is 1. The van der Waals surface area contributed by atoms with E-state index in [0.29, 0.717) is 6.42 Å². The molecule has 16 heavy (non-hydrogen) atoms. The van der Waals surface area contributed by atoms with Crippen molar-refractivity contribution in [2.75, 3.05) is 13.1 Å². The van der Waals surface area contributed by atoms with Crippen molar-refractivity contribution >= 4 is 5.91 Å². The van der Waals surface area contributed by atoms with Crippen LogP contribution in [0.2, 0.25) is 0 Å². The second-order valence-corrected chi connectivity index (χ2v) is 4.13. The van der Waals surface area contributed by atoms with Gasteiger partial charge in [-0.25, -0.2) is 4.39 Å². The number of carbonyl (C=O) groups excluding carboxylic acids is 1. The first-order valence-electron chi connectivity index (χ1n) is 5.80. The number of hydrogen-bond donors (Lipinski definition) is 0. The summed E-state index contributed by atoms with van der Waals surface area (Å²) in [5.74, 6) is -0.538. The molecule has 0 aliphatic carbocycles. The van der Waals surface area contributed by atoms with Crippen molar-refractivity contribution in [2.45, 2.75) is 26.2 Å². The molecule has 0 N–H and O–H groups in total. The summed E-state index contributed by atoms with van der Waals surface area (Å²) in [6, 6.07) is 4.85. The molecule has 2 nitrogen and oxygen atoms in total. The van der Waals surface area contributed by atoms with Crippen LogP contribution in [0.15, 0.2) is 18.2 Å². The molecule has 0 spiro atoms. The Morgan fingerprint density at radius 1 is 1.38 bits per heavy atom. The fourth-order valence-corrected chi connectivity index (χ4v) is 2.18. The van der Waals surface area contributed by atoms with Crippen LogP contribution in [0.3, 0.4) is 0 Å². The molecule has 0 aromatic heterocycles. The molecule has 1 aromatic rings. The van der Waals surface area contributed by atoms with E-state index >= 15 is 0 Å². The van der Waals surface area contributed by atoms with Crippen LogP contribution in [0.5, 0.6) is 0 Å². The molecule has 1 aliphatic heterocycles. The summed E-state index contributed by atoms with van der Waals surface area (Å²) in [6.45, 7) is 3.46. The summed E-state index contributed by atoms with van der Waals surface area (Å²) in [5, 5.41) is 0. The molecule has 86 valence electrons. The van der Waals surface area contributed by atoms with Crippen molar-refractivity contribution in [2.24, 2.45) is 0 Å². The fourth-order valence-electron chi connectivity index (χ4n) is 2.18. The lowest BCUT2D eigenvalue weighted by Gasteiger charge is -2.17. The lowest BCUT2D eigenvalue weighted by molar-refractivity contribution is 0.0787. The molecule has 0 saturated carbocycles. The third-order valence-corrected chi connectivity index (χ3v) is 3.09. The van der Waals surface area contributed by atoms with E-state index < -0.39 is 5.82 Å². The zero-order valence-electron chi connectivity index (χ0n) is 9.50. The largest absolute Gasteiger partial charge is 0.339 e. The number of halogens is 1. The zero-order chi connectivity index (χ0) is 11.5. The van der Waals surface area contributed by atoms with Gasteiger partial charge in [-0.2, -0.15) is 0 Å². The van der Waals surface area contributed by atoms with Gasteiger partial charge in [0.25, 0.3) is 5.91 Å². The van der Waals surface area contributed by atoms with E-state index in [1.807, 2.05) is 13.0 Å². The molecular weight excluding hydrogens is 205 g/mol. The Balaban J connectivity index is 2.34. The van der Waals surface area contributed by atoms with Gasteiger partial charge in [-0.1, -0.05) is 19.1 Å². The second-order valence-electron chi connectivity index (χ2n) is 4.13. The number of hydrogen-bond acceptors (Lipinski definition) is 1. The van der Waals surface area contributed by atoms with Gasteiger partial charge in [0.2, 0.25) is 0 Å². The first kappa shape index (κ1) is 11.1. The van der Waals surface area contributed by atoms with Crippen LogP contribution in [0, 0.1) is 5.82 Å². The van der Waals surface area contributed by atoms with Crippen LogP contribution in [0.25, 0.3) is 0 Å². The van der Waals surface area contributed by atoms with Crippen LogP contribution in [-0.2, 0) is 6.42 Å². The molecule has 0 unspecified atom stereocenters. The molecule has 3 heteroatoms. The smallest absolute Gasteiger partial charge is 0.257 e. The average Bonchev–Trinajstić information content (AvgIpc) is 2.81. The molecule has 1 amide bonds. The summed E-state index contributed by atoms with van der Waals surface area (Å²) in [5.41, 5.74) is 1.07. The minimum absolute atomic E-state index is 0.146. The van der Waals surface area contributed by atoms with E-state index in [4.69, 9.17) is 0 Å². The van der Waals surface area contributed by atoms with E-state index in [0.717, 1.165) is 31.5 Å². The highest BCUT2D eigenvalue weighted by molar-refractivity contribution is 5.96. The predicted molar refractivity (Wildman–Crippen MR) is 60.9 cm³/mol. The Bertz CT molecular complexity index is 397. The Morgan fingerprint density at radius 2 is 2.06 bits per heavy atom. The monoisotopic (exact) mass is 221 g/mol. The first-order valence-corrected chi connectivity index (χ1v) is 5.80. The van der Waals surface area contributed by atoms with Crippen molar-refractivity contribution in [1.82, 2.24) is 4.90 Å². The molecule has 0 bridgehead atoms. The van der Waals surface area contributed by atoms with Crippen molar-refractivity contribution in [1.29, 1.82) is 0 Å². The average molecular weight is 221 g/mol. The summed E-state index contributed by atoms with van der Waals surface area (Å²) in [7, 11) is 0. The van der Waals surface area contributed by atoms with Gasteiger partial charge in [-0.3, -0.25) is 4.79 Å². The normalized spacial score (nSPS) is 15.5. The lowest BCUT2D eigenvalue weighted by Crippen LogP contribution is -2.29. The van der Waals surface area contributed by atoms with Crippen LogP contribution in [0.1, 0.15) is 35.7 Å². The SMILES string of the molecule is CCc1cccc(F)c1C(=O)N1CCCC1. The molecular formula is C13H16FNO. The van der Waals surface area contributed by atoms with Crippen molar-refractivity contribution in [3.63, 3.8) is 0 Å². The zero-order valence-corrected chi connectivity index (χ0v) is 9.50. The highest BCUT2D eigenvalue weighted by atomic mass is 19.1. The Morgan fingerprint density at radius 3 is 2.69 bits per heavy atom. The van der Waals surface area contributed by atoms with Gasteiger partial charge < -0.3 is 4.90 Å². The van der Waals surface area contributed by atoms with Gasteiger partial charge >= 0.3 is 0 Å². The second kappa shape index (κ2) is 4.64. The number of amides is 1. The summed E-state index contributed by atoms with van der Waals surface area (Å²) >= 11 is 0. The van der Waals surface area contributed by atoms with Crippen molar-refractivity contribution in [3.8, 4) is 0 Å². The fraction of sp³-hybridized carbons (Fsp3) is 0.462. The van der Waals surface area contributed by atoms with E-state index in [-0.39, 0.29) is 11.5 Å². The van der Waals surface area contributed by atoms with E-state index in [2.05, 4.69) is 0 Å². The van der Waals surface area contributed by atoms with Crippen LogP contribution in [0.4, 0.5) is 4.39 Å². The molecule has 1 aromatic carbocycles. The number of rotatable bonds is 2. The lowest BCUT2D eigenvalue weighted by atomic mass is 10.0. The maximum atomic E-state index is 13.7. The first-order chi connectivity index (χ1) is 7.74. The van der Waals surface area contributed by atoms with E-state index in [1.165, 1.54) is 6.07 Å². The summed E-state index contributed by atoms with van der Waals surface area (Å²) < 4.78 is 13.7. The standard InChI is InChI=1S/C13H16FNO/c1-2-10-6-5-7-11(14)12(10)13(16)15-8-3-4-9-15/h5-7H,2-4,8-9H2,1H3. The number of benzene rings is 1. The molecule has 1 saturated heterocycles. The Kier molecular flexibility index (Phi) is 3.22. The Labute approximate surface area is 95.1 Å². The Hall–Kier alpha value is -1.38. The number of carbonyl (C=O) groups is 1. The maximum absolute atomic E-state index is 13.7. The summed E-state index contributed by atoms with van der Waals surface area (Å²) in [4.78, 5) is 13.9. The minimum Gasteiger partial charge on any atom is -0.339 e. The molecule has 1 heterocycles. The van der Waals surface area contributed by atoms with Gasteiger partial charge in [-0.05, 0) is 30.9 Å². The van der Waals surface area contributed by atoms with E-state index in [9.17, 15) is 9.18 Å². The number of aryl methyl sites for hydroxylation is 1. The van der Waals surface area contributed by atoms with Crippen molar-refractivity contribution < 1.29 is 9.18 Å². The van der Waals surface area contributed by atoms with Gasteiger partial charge in [-0.15, -0.1) is 0 Å². The molecule has 0 radical (unpaired) electrons. The quantitative estimate of drug-likeness (QED) is 0.751. The highest BCUT2D eigenvalue weighted by Crippen LogP contribution is 2.19. The van der Waals surface area contributed by atoms with Crippen LogP contribution < -0.4 is 0 Å². The molecule has 0 atom stereocenters. The molecule has 2 rings (SSSR count). The molecule has 1 fully saturated rings. The van der Waals surface area contributed by atoms with Gasteiger partial charge in [0.15, 0.2) is 0 Å². The van der Waals surface area contributed by atoms with Gasteiger partial charge in [0.1, 0.15) is 5.82 Å². The van der Waals surface area contributed by atoms with E-state index in [1.54, 1.807) is 11.0 Å². The number of nitrogens with zero attached hydrogens (tertiary/aromatic N) is 1. The molecule has 1 aliphatic rings. The minimum atomic E-state index is -0.392. The predicted octanol–water partition coefficient (Wildman–Crippen LogP) is 2.62. The van der Waals surface area contributed by atoms with Gasteiger partial charge in [0.05, 0.1) is 5.56 Å².